The molecule has 1 saturated heterocycles. The van der Waals surface area contributed by atoms with Crippen LogP contribution in [0, 0.1) is 5.92 Å². The standard InChI is InChI=1S/C16H24ClN3O/c1-10(2)16(21)19-14-9-15(13(18)8-12(14)17)20-7-5-4-6-11(20)3/h8-11H,4-7,18H2,1-3H3,(H,19,21)/t11-/m0/s1. The molecule has 1 aromatic carbocycles. The minimum absolute atomic E-state index is 0.0423. The lowest BCUT2D eigenvalue weighted by atomic mass is 10.0. The molecule has 21 heavy (non-hydrogen) atoms. The maximum absolute atomic E-state index is 11.9. The molecule has 0 aromatic heterocycles. The van der Waals surface area contributed by atoms with E-state index in [2.05, 4.69) is 17.1 Å². The van der Waals surface area contributed by atoms with E-state index in [1.165, 1.54) is 12.8 Å². The van der Waals surface area contributed by atoms with Gasteiger partial charge in [-0.25, -0.2) is 0 Å². The van der Waals surface area contributed by atoms with Crippen LogP contribution in [0.25, 0.3) is 0 Å². The van der Waals surface area contributed by atoms with E-state index in [0.717, 1.165) is 18.7 Å². The Labute approximate surface area is 131 Å². The summed E-state index contributed by atoms with van der Waals surface area (Å²) >= 11 is 6.21. The highest BCUT2D eigenvalue weighted by molar-refractivity contribution is 6.34. The van der Waals surface area contributed by atoms with Crippen molar-refractivity contribution in [2.75, 3.05) is 22.5 Å². The Morgan fingerprint density at radius 3 is 2.76 bits per heavy atom. The Balaban J connectivity index is 2.31. The Bertz CT molecular complexity index is 530. The number of rotatable bonds is 3. The van der Waals surface area contributed by atoms with Gasteiger partial charge in [0.05, 0.1) is 22.1 Å². The van der Waals surface area contributed by atoms with Gasteiger partial charge in [-0.15, -0.1) is 0 Å². The maximum atomic E-state index is 11.9. The summed E-state index contributed by atoms with van der Waals surface area (Å²) in [5.41, 5.74) is 8.40. The van der Waals surface area contributed by atoms with Crippen LogP contribution in [-0.4, -0.2) is 18.5 Å². The van der Waals surface area contributed by atoms with Crippen LogP contribution in [0.3, 0.4) is 0 Å². The zero-order valence-electron chi connectivity index (χ0n) is 12.9. The third-order valence-electron chi connectivity index (χ3n) is 4.01. The molecule has 0 unspecified atom stereocenters. The van der Waals surface area contributed by atoms with E-state index in [1.54, 1.807) is 6.07 Å². The van der Waals surface area contributed by atoms with Gasteiger partial charge in [-0.2, -0.15) is 0 Å². The lowest BCUT2D eigenvalue weighted by Gasteiger charge is -2.36. The van der Waals surface area contributed by atoms with Crippen molar-refractivity contribution in [3.8, 4) is 0 Å². The molecule has 2 rings (SSSR count). The smallest absolute Gasteiger partial charge is 0.226 e. The van der Waals surface area contributed by atoms with Crippen LogP contribution >= 0.6 is 11.6 Å². The molecule has 1 aromatic rings. The number of benzene rings is 1. The predicted molar refractivity (Wildman–Crippen MR) is 90.0 cm³/mol. The fourth-order valence-corrected chi connectivity index (χ4v) is 2.87. The first-order valence-electron chi connectivity index (χ1n) is 7.56. The first-order chi connectivity index (χ1) is 9.90. The molecule has 1 aliphatic heterocycles. The molecule has 1 fully saturated rings. The first-order valence-corrected chi connectivity index (χ1v) is 7.94. The molecule has 0 spiro atoms. The highest BCUT2D eigenvalue weighted by atomic mass is 35.5. The second-order valence-electron chi connectivity index (χ2n) is 6.07. The molecule has 0 aliphatic carbocycles. The topological polar surface area (TPSA) is 58.4 Å². The van der Waals surface area contributed by atoms with E-state index in [4.69, 9.17) is 17.3 Å². The lowest BCUT2D eigenvalue weighted by Crippen LogP contribution is -2.37. The molecule has 1 amide bonds. The van der Waals surface area contributed by atoms with Gasteiger partial charge in [0, 0.05) is 18.5 Å². The van der Waals surface area contributed by atoms with Crippen LogP contribution in [0.5, 0.6) is 0 Å². The quantitative estimate of drug-likeness (QED) is 0.833. The summed E-state index contributed by atoms with van der Waals surface area (Å²) in [6, 6.07) is 4.09. The monoisotopic (exact) mass is 309 g/mol. The average molecular weight is 310 g/mol. The van der Waals surface area contributed by atoms with Gasteiger partial charge < -0.3 is 16.0 Å². The summed E-state index contributed by atoms with van der Waals surface area (Å²) < 4.78 is 0. The van der Waals surface area contributed by atoms with Crippen LogP contribution < -0.4 is 16.0 Å². The van der Waals surface area contributed by atoms with Gasteiger partial charge in [-0.3, -0.25) is 4.79 Å². The second kappa shape index (κ2) is 6.56. The molecule has 1 aliphatic rings. The molecule has 116 valence electrons. The Kier molecular flexibility index (Phi) is 4.99. The molecule has 0 saturated carbocycles. The molecular formula is C16H24ClN3O. The van der Waals surface area contributed by atoms with Crippen molar-refractivity contribution in [2.24, 2.45) is 5.92 Å². The van der Waals surface area contributed by atoms with Crippen LogP contribution in [-0.2, 0) is 4.79 Å². The SMILES string of the molecule is CC(C)C(=O)Nc1cc(N2CCCC[C@@H]2C)c(N)cc1Cl. The normalized spacial score (nSPS) is 18.9. The fourth-order valence-electron chi connectivity index (χ4n) is 2.65. The van der Waals surface area contributed by atoms with E-state index < -0.39 is 0 Å². The van der Waals surface area contributed by atoms with Crippen molar-refractivity contribution in [1.29, 1.82) is 0 Å². The van der Waals surface area contributed by atoms with Crippen LogP contribution in [0.1, 0.15) is 40.0 Å². The van der Waals surface area contributed by atoms with E-state index in [-0.39, 0.29) is 11.8 Å². The number of anilines is 3. The molecular weight excluding hydrogens is 286 g/mol. The summed E-state index contributed by atoms with van der Waals surface area (Å²) in [5.74, 6) is -0.129. The minimum atomic E-state index is -0.0871. The Morgan fingerprint density at radius 1 is 1.43 bits per heavy atom. The number of hydrogen-bond donors (Lipinski definition) is 2. The summed E-state index contributed by atoms with van der Waals surface area (Å²) in [4.78, 5) is 14.2. The minimum Gasteiger partial charge on any atom is -0.397 e. The van der Waals surface area contributed by atoms with E-state index in [1.807, 2.05) is 19.9 Å². The van der Waals surface area contributed by atoms with Crippen LogP contribution in [0.15, 0.2) is 12.1 Å². The van der Waals surface area contributed by atoms with Crippen LogP contribution in [0.4, 0.5) is 17.1 Å². The third-order valence-corrected chi connectivity index (χ3v) is 4.32. The number of amides is 1. The number of nitrogens with two attached hydrogens (primary N) is 1. The predicted octanol–water partition coefficient (Wildman–Crippen LogP) is 3.90. The molecule has 4 nitrogen and oxygen atoms in total. The number of halogens is 1. The van der Waals surface area contributed by atoms with Gasteiger partial charge >= 0.3 is 0 Å². The summed E-state index contributed by atoms with van der Waals surface area (Å²) in [6.07, 6.45) is 3.58. The number of nitrogens with zero attached hydrogens (tertiary/aromatic N) is 1. The van der Waals surface area contributed by atoms with Crippen molar-refractivity contribution < 1.29 is 4.79 Å². The fraction of sp³-hybridized carbons (Fsp3) is 0.562. The summed E-state index contributed by atoms with van der Waals surface area (Å²) in [6.45, 7) is 6.91. The number of piperidine rings is 1. The molecule has 1 heterocycles. The first kappa shape index (κ1) is 16.0. The number of carbonyl (C=O) groups is 1. The van der Waals surface area contributed by atoms with Crippen molar-refractivity contribution in [3.63, 3.8) is 0 Å². The Morgan fingerprint density at radius 2 is 2.14 bits per heavy atom. The third kappa shape index (κ3) is 3.62. The van der Waals surface area contributed by atoms with Gasteiger partial charge in [-0.05, 0) is 38.3 Å². The highest BCUT2D eigenvalue weighted by Crippen LogP contribution is 2.36. The maximum Gasteiger partial charge on any atom is 0.226 e. The Hall–Kier alpha value is -1.42. The molecule has 0 radical (unpaired) electrons. The second-order valence-corrected chi connectivity index (χ2v) is 6.48. The zero-order chi connectivity index (χ0) is 15.6. The summed E-state index contributed by atoms with van der Waals surface area (Å²) in [7, 11) is 0. The van der Waals surface area contributed by atoms with E-state index >= 15 is 0 Å². The van der Waals surface area contributed by atoms with E-state index in [9.17, 15) is 4.79 Å². The largest absolute Gasteiger partial charge is 0.397 e. The van der Waals surface area contributed by atoms with Gasteiger partial charge in [0.1, 0.15) is 0 Å². The number of hydrogen-bond acceptors (Lipinski definition) is 3. The number of nitrogens with one attached hydrogen (secondary N) is 1. The molecule has 0 bridgehead atoms. The lowest BCUT2D eigenvalue weighted by molar-refractivity contribution is -0.118. The van der Waals surface area contributed by atoms with E-state index in [0.29, 0.717) is 22.4 Å². The van der Waals surface area contributed by atoms with Crippen molar-refractivity contribution in [1.82, 2.24) is 0 Å². The number of nitrogen functional groups attached to an aromatic ring is 1. The molecule has 3 N–H and O–H groups in total. The van der Waals surface area contributed by atoms with Gasteiger partial charge in [0.25, 0.3) is 0 Å². The van der Waals surface area contributed by atoms with Gasteiger partial charge in [0.2, 0.25) is 5.91 Å². The van der Waals surface area contributed by atoms with Gasteiger partial charge in [-0.1, -0.05) is 25.4 Å². The van der Waals surface area contributed by atoms with Crippen molar-refractivity contribution in [2.45, 2.75) is 46.1 Å². The molecule has 1 atom stereocenters. The zero-order valence-corrected chi connectivity index (χ0v) is 13.7. The van der Waals surface area contributed by atoms with Crippen molar-refractivity contribution >= 4 is 34.6 Å². The average Bonchev–Trinajstić information content (AvgIpc) is 2.42. The number of carbonyl (C=O) groups excluding carboxylic acids is 1. The van der Waals surface area contributed by atoms with Crippen molar-refractivity contribution in [3.05, 3.63) is 17.2 Å². The highest BCUT2D eigenvalue weighted by Gasteiger charge is 2.22. The van der Waals surface area contributed by atoms with Gasteiger partial charge in [0.15, 0.2) is 0 Å². The summed E-state index contributed by atoms with van der Waals surface area (Å²) in [5, 5.41) is 3.36. The van der Waals surface area contributed by atoms with Crippen LogP contribution in [0.2, 0.25) is 5.02 Å². The molecule has 5 heteroatoms.